The Morgan fingerprint density at radius 3 is 1.69 bits per heavy atom. The number of hydrogen-bond donors (Lipinski definition) is 0. The van der Waals surface area contributed by atoms with Gasteiger partial charge in [-0.3, -0.25) is 9.80 Å². The molecule has 0 unspecified atom stereocenters. The van der Waals surface area contributed by atoms with E-state index in [0.29, 0.717) is 19.8 Å². The van der Waals surface area contributed by atoms with Crippen LogP contribution in [-0.4, -0.2) is 71.3 Å². The van der Waals surface area contributed by atoms with Crippen LogP contribution in [0.3, 0.4) is 0 Å². The molecule has 1 aliphatic rings. The summed E-state index contributed by atoms with van der Waals surface area (Å²) in [6.07, 6.45) is 9.39. The Morgan fingerprint density at radius 1 is 0.654 bits per heavy atom. The van der Waals surface area contributed by atoms with Crippen LogP contribution in [0, 0.1) is 0 Å². The van der Waals surface area contributed by atoms with Crippen molar-refractivity contribution in [2.45, 2.75) is 78.7 Å². The number of rotatable bonds is 17. The van der Waals surface area contributed by atoms with E-state index < -0.39 is 8.80 Å². The highest BCUT2D eigenvalue weighted by Gasteiger charge is 2.39. The van der Waals surface area contributed by atoms with Crippen LogP contribution in [0.25, 0.3) is 0 Å². The van der Waals surface area contributed by atoms with Crippen molar-refractivity contribution in [3.63, 3.8) is 0 Å². The van der Waals surface area contributed by atoms with Crippen molar-refractivity contribution < 1.29 is 13.3 Å². The van der Waals surface area contributed by atoms with Crippen LogP contribution in [0.1, 0.15) is 72.6 Å². The highest BCUT2D eigenvalue weighted by molar-refractivity contribution is 6.60. The Bertz CT molecular complexity index is 317. The third-order valence-corrected chi connectivity index (χ3v) is 8.16. The molecule has 0 saturated carbocycles. The summed E-state index contributed by atoms with van der Waals surface area (Å²) < 4.78 is 17.9. The second-order valence-electron chi connectivity index (χ2n) is 7.23. The third kappa shape index (κ3) is 9.81. The van der Waals surface area contributed by atoms with Gasteiger partial charge in [0.25, 0.3) is 0 Å². The lowest BCUT2D eigenvalue weighted by Gasteiger charge is -2.29. The predicted octanol–water partition coefficient (Wildman–Crippen LogP) is 4.36. The summed E-state index contributed by atoms with van der Waals surface area (Å²) in [5.41, 5.74) is 0. The standard InChI is InChI=1S/C20H44N2O3Si/c1-5-9-10-11-12-13-15-21-17-18-22(20-21)16-14-19-26(23-6-2,24-7-3)25-8-4/h5-20H2,1-4H3. The molecule has 156 valence electrons. The summed E-state index contributed by atoms with van der Waals surface area (Å²) in [6.45, 7) is 16.3. The van der Waals surface area contributed by atoms with Crippen molar-refractivity contribution >= 4 is 8.80 Å². The van der Waals surface area contributed by atoms with Gasteiger partial charge in [0.05, 0.1) is 6.67 Å². The molecule has 0 radical (unpaired) electrons. The zero-order chi connectivity index (χ0) is 19.1. The molecule has 1 rings (SSSR count). The summed E-state index contributed by atoms with van der Waals surface area (Å²) >= 11 is 0. The Morgan fingerprint density at radius 2 is 1.15 bits per heavy atom. The maximum Gasteiger partial charge on any atom is 0.500 e. The highest BCUT2D eigenvalue weighted by atomic mass is 28.4. The molecule has 1 aliphatic heterocycles. The van der Waals surface area contributed by atoms with Gasteiger partial charge in [-0.2, -0.15) is 0 Å². The minimum absolute atomic E-state index is 0.669. The van der Waals surface area contributed by atoms with Crippen LogP contribution < -0.4 is 0 Å². The summed E-state index contributed by atoms with van der Waals surface area (Å²) in [4.78, 5) is 5.18. The van der Waals surface area contributed by atoms with Gasteiger partial charge in [0, 0.05) is 39.0 Å². The van der Waals surface area contributed by atoms with Crippen LogP contribution in [0.2, 0.25) is 6.04 Å². The van der Waals surface area contributed by atoms with Crippen molar-refractivity contribution in [1.29, 1.82) is 0 Å². The third-order valence-electron chi connectivity index (χ3n) is 5.01. The molecular formula is C20H44N2O3Si. The quantitative estimate of drug-likeness (QED) is 0.273. The second-order valence-corrected chi connectivity index (χ2v) is 9.96. The van der Waals surface area contributed by atoms with E-state index in [-0.39, 0.29) is 0 Å². The Labute approximate surface area is 163 Å². The van der Waals surface area contributed by atoms with Crippen molar-refractivity contribution in [2.24, 2.45) is 0 Å². The van der Waals surface area contributed by atoms with Crippen molar-refractivity contribution in [1.82, 2.24) is 9.80 Å². The zero-order valence-corrected chi connectivity index (χ0v) is 18.9. The van der Waals surface area contributed by atoms with Crippen molar-refractivity contribution in [3.05, 3.63) is 0 Å². The molecule has 0 aromatic rings. The monoisotopic (exact) mass is 388 g/mol. The van der Waals surface area contributed by atoms with Gasteiger partial charge in [-0.25, -0.2) is 0 Å². The molecule has 5 nitrogen and oxygen atoms in total. The van der Waals surface area contributed by atoms with E-state index in [9.17, 15) is 0 Å². The largest absolute Gasteiger partial charge is 0.500 e. The lowest BCUT2D eigenvalue weighted by molar-refractivity contribution is 0.0699. The summed E-state index contributed by atoms with van der Waals surface area (Å²) in [5, 5.41) is 0. The van der Waals surface area contributed by atoms with Gasteiger partial charge >= 0.3 is 8.80 Å². The molecule has 26 heavy (non-hydrogen) atoms. The average molecular weight is 389 g/mol. The first-order chi connectivity index (χ1) is 12.7. The second kappa shape index (κ2) is 15.0. The van der Waals surface area contributed by atoms with Gasteiger partial charge in [-0.05, 0) is 46.7 Å². The van der Waals surface area contributed by atoms with E-state index in [1.807, 2.05) is 20.8 Å². The van der Waals surface area contributed by atoms with E-state index in [1.165, 1.54) is 58.2 Å². The summed E-state index contributed by atoms with van der Waals surface area (Å²) in [7, 11) is -2.46. The molecule has 1 fully saturated rings. The van der Waals surface area contributed by atoms with Gasteiger partial charge in [0.1, 0.15) is 0 Å². The fraction of sp³-hybridized carbons (Fsp3) is 1.00. The number of unbranched alkanes of at least 4 members (excludes halogenated alkanes) is 5. The Hall–Kier alpha value is 0.0169. The summed E-state index contributed by atoms with van der Waals surface area (Å²) in [6, 6.07) is 0.927. The van der Waals surface area contributed by atoms with Gasteiger partial charge in [-0.1, -0.05) is 39.0 Å². The van der Waals surface area contributed by atoms with Crippen LogP contribution in [0.5, 0.6) is 0 Å². The van der Waals surface area contributed by atoms with Crippen LogP contribution in [0.4, 0.5) is 0 Å². The molecule has 0 aromatic carbocycles. The minimum atomic E-state index is -2.46. The Balaban J connectivity index is 2.20. The van der Waals surface area contributed by atoms with Crippen molar-refractivity contribution in [3.8, 4) is 0 Å². The van der Waals surface area contributed by atoms with E-state index in [0.717, 1.165) is 25.7 Å². The lowest BCUT2D eigenvalue weighted by Crippen LogP contribution is -2.46. The van der Waals surface area contributed by atoms with Gasteiger partial charge < -0.3 is 13.3 Å². The molecule has 6 heteroatoms. The van der Waals surface area contributed by atoms with Gasteiger partial charge in [0.2, 0.25) is 0 Å². The average Bonchev–Trinajstić information content (AvgIpc) is 3.06. The maximum atomic E-state index is 5.96. The van der Waals surface area contributed by atoms with E-state index in [1.54, 1.807) is 0 Å². The van der Waals surface area contributed by atoms with E-state index in [2.05, 4.69) is 16.7 Å². The SMILES string of the molecule is CCCCCCCCN1CCN(CCC[Si](OCC)(OCC)OCC)C1. The van der Waals surface area contributed by atoms with Crippen LogP contribution in [-0.2, 0) is 13.3 Å². The fourth-order valence-corrected chi connectivity index (χ4v) is 6.30. The molecule has 1 saturated heterocycles. The number of hydrogen-bond acceptors (Lipinski definition) is 5. The first-order valence-corrected chi connectivity index (χ1v) is 13.0. The highest BCUT2D eigenvalue weighted by Crippen LogP contribution is 2.19. The predicted molar refractivity (Wildman–Crippen MR) is 111 cm³/mol. The normalized spacial score (nSPS) is 16.6. The molecule has 0 aromatic heterocycles. The Kier molecular flexibility index (Phi) is 13.9. The summed E-state index contributed by atoms with van der Waals surface area (Å²) in [5.74, 6) is 0. The molecule has 0 bridgehead atoms. The van der Waals surface area contributed by atoms with Crippen LogP contribution >= 0.6 is 0 Å². The molecule has 0 amide bonds. The maximum absolute atomic E-state index is 5.96. The van der Waals surface area contributed by atoms with E-state index >= 15 is 0 Å². The molecule has 0 atom stereocenters. The topological polar surface area (TPSA) is 34.2 Å². The molecule has 0 aliphatic carbocycles. The number of nitrogens with zero attached hydrogens (tertiary/aromatic N) is 2. The first kappa shape index (κ1) is 24.1. The first-order valence-electron chi connectivity index (χ1n) is 11.1. The molecular weight excluding hydrogens is 344 g/mol. The fourth-order valence-electron chi connectivity index (χ4n) is 3.71. The molecule has 0 N–H and O–H groups in total. The zero-order valence-electron chi connectivity index (χ0n) is 17.9. The lowest BCUT2D eigenvalue weighted by atomic mass is 10.1. The van der Waals surface area contributed by atoms with Crippen LogP contribution in [0.15, 0.2) is 0 Å². The van der Waals surface area contributed by atoms with E-state index in [4.69, 9.17) is 13.3 Å². The smallest absolute Gasteiger partial charge is 0.374 e. The minimum Gasteiger partial charge on any atom is -0.374 e. The van der Waals surface area contributed by atoms with Gasteiger partial charge in [0.15, 0.2) is 0 Å². The van der Waals surface area contributed by atoms with Crippen molar-refractivity contribution in [2.75, 3.05) is 52.7 Å². The van der Waals surface area contributed by atoms with Gasteiger partial charge in [-0.15, -0.1) is 0 Å². The molecule has 0 spiro atoms. The molecule has 1 heterocycles.